The number of benzene rings is 2. The molecular weight excluding hydrogens is 414 g/mol. The van der Waals surface area contributed by atoms with Gasteiger partial charge in [0.1, 0.15) is 11.5 Å². The molecule has 0 aliphatic rings. The summed E-state index contributed by atoms with van der Waals surface area (Å²) in [6.45, 7) is 4.31. The first-order valence-corrected chi connectivity index (χ1v) is 11.6. The number of hydrogen-bond donors (Lipinski definition) is 0. The number of rotatable bonds is 9. The minimum atomic E-state index is -3.85. The number of anilines is 1. The van der Waals surface area contributed by atoms with Crippen molar-refractivity contribution in [3.63, 3.8) is 0 Å². The summed E-state index contributed by atoms with van der Waals surface area (Å²) in [6, 6.07) is 12.4. The van der Waals surface area contributed by atoms with Crippen LogP contribution in [0.1, 0.15) is 37.3 Å². The van der Waals surface area contributed by atoms with Gasteiger partial charge in [-0.1, -0.05) is 26.0 Å². The Morgan fingerprint density at radius 1 is 1.10 bits per heavy atom. The van der Waals surface area contributed by atoms with Crippen LogP contribution < -0.4 is 13.8 Å². The van der Waals surface area contributed by atoms with Crippen LogP contribution in [-0.4, -0.2) is 32.4 Å². The summed E-state index contributed by atoms with van der Waals surface area (Å²) in [4.78, 5) is 0.227. The molecule has 31 heavy (non-hydrogen) atoms. The van der Waals surface area contributed by atoms with Crippen molar-refractivity contribution >= 4 is 15.7 Å². The molecule has 0 unspecified atom stereocenters. The Hall–Kier alpha value is -3.00. The molecule has 0 N–H and O–H groups in total. The third-order valence-electron chi connectivity index (χ3n) is 5.43. The second-order valence-electron chi connectivity index (χ2n) is 7.44. The van der Waals surface area contributed by atoms with Crippen molar-refractivity contribution in [1.82, 2.24) is 9.78 Å². The predicted octanol–water partition coefficient (Wildman–Crippen LogP) is 4.35. The first kappa shape index (κ1) is 22.7. The van der Waals surface area contributed by atoms with Gasteiger partial charge in [0.25, 0.3) is 10.0 Å². The third-order valence-corrected chi connectivity index (χ3v) is 7.22. The monoisotopic (exact) mass is 443 g/mol. The fraction of sp³-hybridized carbons (Fsp3) is 0.348. The first-order valence-electron chi connectivity index (χ1n) is 10.1. The van der Waals surface area contributed by atoms with Crippen LogP contribution in [0, 0.1) is 0 Å². The quantitative estimate of drug-likeness (QED) is 0.492. The van der Waals surface area contributed by atoms with Crippen LogP contribution in [0.3, 0.4) is 0 Å². The van der Waals surface area contributed by atoms with Gasteiger partial charge in [0.05, 0.1) is 37.5 Å². The van der Waals surface area contributed by atoms with E-state index in [1.54, 1.807) is 62.5 Å². The lowest BCUT2D eigenvalue weighted by molar-refractivity contribution is 0.399. The Bertz CT molecular complexity index is 1120. The Morgan fingerprint density at radius 2 is 1.81 bits per heavy atom. The summed E-state index contributed by atoms with van der Waals surface area (Å²) in [5, 5.41) is 4.17. The molecule has 7 nitrogen and oxygen atoms in total. The summed E-state index contributed by atoms with van der Waals surface area (Å²) < 4.78 is 41.0. The van der Waals surface area contributed by atoms with Crippen LogP contribution >= 0.6 is 0 Å². The summed E-state index contributed by atoms with van der Waals surface area (Å²) in [5.74, 6) is 1.57. The number of nitrogens with zero attached hydrogens (tertiary/aromatic N) is 3. The number of ether oxygens (including phenoxy) is 2. The average molecular weight is 444 g/mol. The zero-order valence-electron chi connectivity index (χ0n) is 18.6. The first-order chi connectivity index (χ1) is 14.8. The predicted molar refractivity (Wildman–Crippen MR) is 121 cm³/mol. The molecule has 0 bridgehead atoms. The van der Waals surface area contributed by atoms with Gasteiger partial charge in [-0.2, -0.15) is 5.10 Å². The molecule has 1 aromatic heterocycles. The lowest BCUT2D eigenvalue weighted by atomic mass is 9.99. The standard InChI is InChI=1S/C23H29N3O4S/c1-6-17(2)18-7-10-22(11-8-18)31(27,28)26(20-14-24-25(3)16-20)15-19-13-21(29-4)9-12-23(19)30-5/h7-14,16-17H,6,15H2,1-5H3/t17-/m0/s1. The molecule has 0 aliphatic heterocycles. The summed E-state index contributed by atoms with van der Waals surface area (Å²) >= 11 is 0. The summed E-state index contributed by atoms with van der Waals surface area (Å²) in [6.07, 6.45) is 4.21. The molecule has 0 fully saturated rings. The van der Waals surface area contributed by atoms with Crippen molar-refractivity contribution in [2.75, 3.05) is 18.5 Å². The molecule has 0 spiro atoms. The molecule has 0 amide bonds. The van der Waals surface area contributed by atoms with Crippen molar-refractivity contribution in [2.45, 2.75) is 37.6 Å². The van der Waals surface area contributed by atoms with Crippen molar-refractivity contribution in [2.24, 2.45) is 7.05 Å². The number of sulfonamides is 1. The number of hydrogen-bond acceptors (Lipinski definition) is 5. The van der Waals surface area contributed by atoms with Crippen molar-refractivity contribution in [3.05, 3.63) is 66.0 Å². The highest BCUT2D eigenvalue weighted by Gasteiger charge is 2.27. The van der Waals surface area contributed by atoms with Crippen LogP contribution in [0.15, 0.2) is 59.8 Å². The molecule has 0 saturated heterocycles. The molecule has 3 rings (SSSR count). The molecule has 0 radical (unpaired) electrons. The molecule has 166 valence electrons. The smallest absolute Gasteiger partial charge is 0.264 e. The van der Waals surface area contributed by atoms with Gasteiger partial charge in [-0.05, 0) is 48.2 Å². The lowest BCUT2D eigenvalue weighted by Gasteiger charge is -2.24. The third kappa shape index (κ3) is 4.85. The Balaban J connectivity index is 2.06. The van der Waals surface area contributed by atoms with E-state index in [0.29, 0.717) is 28.7 Å². The van der Waals surface area contributed by atoms with Crippen molar-refractivity contribution in [3.8, 4) is 11.5 Å². The maximum Gasteiger partial charge on any atom is 0.264 e. The minimum Gasteiger partial charge on any atom is -0.497 e. The summed E-state index contributed by atoms with van der Waals surface area (Å²) in [5.41, 5.74) is 2.27. The molecule has 0 aliphatic carbocycles. The van der Waals surface area contributed by atoms with Crippen LogP contribution in [0.25, 0.3) is 0 Å². The molecule has 8 heteroatoms. The molecular formula is C23H29N3O4S. The number of methoxy groups -OCH3 is 2. The fourth-order valence-corrected chi connectivity index (χ4v) is 4.76. The Morgan fingerprint density at radius 3 is 2.35 bits per heavy atom. The fourth-order valence-electron chi connectivity index (χ4n) is 3.34. The normalized spacial score (nSPS) is 12.4. The van der Waals surface area contributed by atoms with E-state index in [1.807, 2.05) is 12.1 Å². The van der Waals surface area contributed by atoms with Crippen molar-refractivity contribution in [1.29, 1.82) is 0 Å². The van der Waals surface area contributed by atoms with Crippen molar-refractivity contribution < 1.29 is 17.9 Å². The van der Waals surface area contributed by atoms with Crippen LogP contribution in [0.5, 0.6) is 11.5 Å². The maximum atomic E-state index is 13.7. The average Bonchev–Trinajstić information content (AvgIpc) is 3.22. The van der Waals surface area contributed by atoms with E-state index < -0.39 is 10.0 Å². The van der Waals surface area contributed by atoms with E-state index in [2.05, 4.69) is 18.9 Å². The highest BCUT2D eigenvalue weighted by molar-refractivity contribution is 7.92. The van der Waals surface area contributed by atoms with Gasteiger partial charge >= 0.3 is 0 Å². The van der Waals surface area contributed by atoms with Crippen LogP contribution in [0.4, 0.5) is 5.69 Å². The maximum absolute atomic E-state index is 13.7. The molecule has 0 saturated carbocycles. The van der Waals surface area contributed by atoms with Crippen LogP contribution in [-0.2, 0) is 23.6 Å². The molecule has 1 heterocycles. The largest absolute Gasteiger partial charge is 0.497 e. The zero-order valence-corrected chi connectivity index (χ0v) is 19.4. The van der Waals surface area contributed by atoms with E-state index in [9.17, 15) is 8.42 Å². The second-order valence-corrected chi connectivity index (χ2v) is 9.30. The van der Waals surface area contributed by atoms with Gasteiger partial charge in [-0.25, -0.2) is 8.42 Å². The number of aryl methyl sites for hydroxylation is 1. The van der Waals surface area contributed by atoms with E-state index in [4.69, 9.17) is 9.47 Å². The molecule has 3 aromatic rings. The van der Waals surface area contributed by atoms with Gasteiger partial charge in [-0.3, -0.25) is 8.99 Å². The Kier molecular flexibility index (Phi) is 6.90. The van der Waals surface area contributed by atoms with Gasteiger partial charge < -0.3 is 9.47 Å². The van der Waals surface area contributed by atoms with E-state index in [-0.39, 0.29) is 11.4 Å². The highest BCUT2D eigenvalue weighted by Crippen LogP contribution is 2.31. The van der Waals surface area contributed by atoms with E-state index >= 15 is 0 Å². The molecule has 2 aromatic carbocycles. The van der Waals surface area contributed by atoms with Gasteiger partial charge in [0.2, 0.25) is 0 Å². The SMILES string of the molecule is CC[C@H](C)c1ccc(S(=O)(=O)N(Cc2cc(OC)ccc2OC)c2cnn(C)c2)cc1. The summed E-state index contributed by atoms with van der Waals surface area (Å²) in [7, 11) is 1.03. The highest BCUT2D eigenvalue weighted by atomic mass is 32.2. The van der Waals surface area contributed by atoms with Gasteiger partial charge in [0.15, 0.2) is 0 Å². The van der Waals surface area contributed by atoms with Crippen LogP contribution in [0.2, 0.25) is 0 Å². The van der Waals surface area contributed by atoms with E-state index in [0.717, 1.165) is 12.0 Å². The van der Waals surface area contributed by atoms with Gasteiger partial charge in [0, 0.05) is 18.8 Å². The molecule has 1 atom stereocenters. The minimum absolute atomic E-state index is 0.0709. The van der Waals surface area contributed by atoms with Gasteiger partial charge in [-0.15, -0.1) is 0 Å². The van der Waals surface area contributed by atoms with E-state index in [1.165, 1.54) is 10.5 Å². The second kappa shape index (κ2) is 9.43. The topological polar surface area (TPSA) is 73.7 Å². The number of aromatic nitrogens is 2. The zero-order chi connectivity index (χ0) is 22.6. The Labute approximate surface area is 184 Å². The lowest BCUT2D eigenvalue weighted by Crippen LogP contribution is -2.30.